The van der Waals surface area contributed by atoms with Gasteiger partial charge in [0.15, 0.2) is 0 Å². The number of nitrogens with one attached hydrogen (secondary N) is 1. The van der Waals surface area contributed by atoms with Crippen molar-refractivity contribution in [2.24, 2.45) is 0 Å². The lowest BCUT2D eigenvalue weighted by Crippen LogP contribution is -2.63. The fraction of sp³-hybridized carbons (Fsp3) is 0.308. The summed E-state index contributed by atoms with van der Waals surface area (Å²) in [4.78, 5) is 11.4. The molecule has 0 amide bonds. The van der Waals surface area contributed by atoms with E-state index in [-0.39, 0.29) is 10.7 Å². The van der Waals surface area contributed by atoms with Crippen molar-refractivity contribution in [1.82, 2.24) is 4.72 Å². The van der Waals surface area contributed by atoms with Crippen molar-refractivity contribution < 1.29 is 31.1 Å². The standard InChI is InChI=1S/C13H12F3NO4S/c1-8-9(2)21-11(18)12(8,13(14,15)16)17-22(19,20)10-6-4-3-5-7-10/h3-7,17H,1-2H3. The van der Waals surface area contributed by atoms with Crippen LogP contribution in [0.15, 0.2) is 46.6 Å². The Labute approximate surface area is 124 Å². The van der Waals surface area contributed by atoms with Crippen molar-refractivity contribution >= 4 is 16.0 Å². The van der Waals surface area contributed by atoms with E-state index in [9.17, 15) is 26.4 Å². The van der Waals surface area contributed by atoms with Crippen LogP contribution in [0.5, 0.6) is 0 Å². The van der Waals surface area contributed by atoms with E-state index in [2.05, 4.69) is 4.74 Å². The molecule has 0 aliphatic carbocycles. The van der Waals surface area contributed by atoms with Crippen molar-refractivity contribution in [3.63, 3.8) is 0 Å². The van der Waals surface area contributed by atoms with Crippen LogP contribution in [0.1, 0.15) is 13.8 Å². The number of sulfonamides is 1. The fourth-order valence-corrected chi connectivity index (χ4v) is 3.46. The largest absolute Gasteiger partial charge is 0.429 e. The van der Waals surface area contributed by atoms with Crippen LogP contribution in [0.2, 0.25) is 0 Å². The Balaban J connectivity index is 2.58. The SMILES string of the molecule is CC1=C(C)C(NS(=O)(=O)c2ccccc2)(C(F)(F)F)C(=O)O1. The first kappa shape index (κ1) is 16.5. The first-order valence-electron chi connectivity index (χ1n) is 6.08. The topological polar surface area (TPSA) is 72.5 Å². The molecule has 120 valence electrons. The Morgan fingerprint density at radius 2 is 1.68 bits per heavy atom. The number of halogens is 3. The van der Waals surface area contributed by atoms with E-state index in [4.69, 9.17) is 0 Å². The van der Waals surface area contributed by atoms with Crippen molar-refractivity contribution in [2.45, 2.75) is 30.5 Å². The van der Waals surface area contributed by atoms with E-state index >= 15 is 0 Å². The molecule has 1 atom stereocenters. The molecule has 1 aliphatic heterocycles. The zero-order chi connectivity index (χ0) is 16.8. The molecule has 0 bridgehead atoms. The van der Waals surface area contributed by atoms with Crippen LogP contribution < -0.4 is 4.72 Å². The molecule has 9 heteroatoms. The van der Waals surface area contributed by atoms with E-state index in [1.165, 1.54) is 22.9 Å². The monoisotopic (exact) mass is 335 g/mol. The lowest BCUT2D eigenvalue weighted by Gasteiger charge is -2.29. The van der Waals surface area contributed by atoms with Gasteiger partial charge in [0, 0.05) is 5.57 Å². The number of carbonyl (C=O) groups is 1. The molecule has 0 saturated carbocycles. The summed E-state index contributed by atoms with van der Waals surface area (Å²) in [5.41, 5.74) is -3.95. The van der Waals surface area contributed by atoms with E-state index in [1.54, 1.807) is 0 Å². The summed E-state index contributed by atoms with van der Waals surface area (Å²) < 4.78 is 70.8. The second kappa shape index (κ2) is 5.10. The zero-order valence-corrected chi connectivity index (χ0v) is 12.4. The number of ether oxygens (including phenoxy) is 1. The second-order valence-electron chi connectivity index (χ2n) is 4.74. The summed E-state index contributed by atoms with van der Waals surface area (Å²) in [6.45, 7) is 2.17. The molecule has 2 rings (SSSR count). The molecule has 0 fully saturated rings. The van der Waals surface area contributed by atoms with Gasteiger partial charge in [-0.25, -0.2) is 13.2 Å². The average molecular weight is 335 g/mol. The molecule has 1 heterocycles. The molecule has 1 N–H and O–H groups in total. The van der Waals surface area contributed by atoms with Crippen molar-refractivity contribution in [3.05, 3.63) is 41.7 Å². The third kappa shape index (κ3) is 2.40. The highest BCUT2D eigenvalue weighted by molar-refractivity contribution is 7.89. The first-order valence-corrected chi connectivity index (χ1v) is 7.56. The van der Waals surface area contributed by atoms with Crippen molar-refractivity contribution in [1.29, 1.82) is 0 Å². The number of carbonyl (C=O) groups excluding carboxylic acids is 1. The number of benzene rings is 1. The number of alkyl halides is 3. The Morgan fingerprint density at radius 3 is 2.09 bits per heavy atom. The summed E-state index contributed by atoms with van der Waals surface area (Å²) >= 11 is 0. The first-order chi connectivity index (χ1) is 10.0. The van der Waals surface area contributed by atoms with Crippen LogP contribution in [0.4, 0.5) is 13.2 Å². The maximum Gasteiger partial charge on any atom is 0.422 e. The summed E-state index contributed by atoms with van der Waals surface area (Å²) in [6.07, 6.45) is -5.19. The highest BCUT2D eigenvalue weighted by atomic mass is 32.2. The van der Waals surface area contributed by atoms with Crippen LogP contribution in [-0.4, -0.2) is 26.1 Å². The van der Waals surface area contributed by atoms with Crippen LogP contribution in [0, 0.1) is 0 Å². The molecule has 0 saturated heterocycles. The molecule has 1 unspecified atom stereocenters. The maximum absolute atomic E-state index is 13.5. The van der Waals surface area contributed by atoms with Gasteiger partial charge >= 0.3 is 12.1 Å². The van der Waals surface area contributed by atoms with Crippen LogP contribution in [0.3, 0.4) is 0 Å². The Hall–Kier alpha value is -1.87. The van der Waals surface area contributed by atoms with E-state index in [0.29, 0.717) is 0 Å². The predicted octanol–water partition coefficient (Wildman–Crippen LogP) is 2.12. The number of hydrogen-bond acceptors (Lipinski definition) is 4. The zero-order valence-electron chi connectivity index (χ0n) is 11.6. The molecule has 1 aromatic carbocycles. The van der Waals surface area contributed by atoms with Gasteiger partial charge in [-0.05, 0) is 26.0 Å². The van der Waals surface area contributed by atoms with Crippen molar-refractivity contribution in [3.8, 4) is 0 Å². The molecule has 0 spiro atoms. The van der Waals surface area contributed by atoms with Gasteiger partial charge in [0.1, 0.15) is 5.76 Å². The number of cyclic esters (lactones) is 1. The normalized spacial score (nSPS) is 22.9. The smallest absolute Gasteiger partial charge is 0.422 e. The van der Waals surface area contributed by atoms with E-state index in [0.717, 1.165) is 26.0 Å². The van der Waals surface area contributed by atoms with Gasteiger partial charge in [-0.1, -0.05) is 18.2 Å². The minimum atomic E-state index is -5.19. The van der Waals surface area contributed by atoms with E-state index < -0.39 is 33.3 Å². The van der Waals surface area contributed by atoms with Crippen molar-refractivity contribution in [2.75, 3.05) is 0 Å². The second-order valence-corrected chi connectivity index (χ2v) is 6.42. The van der Waals surface area contributed by atoms with Crippen LogP contribution in [0.25, 0.3) is 0 Å². The third-order valence-corrected chi connectivity index (χ3v) is 4.88. The number of rotatable bonds is 3. The number of esters is 1. The molecule has 22 heavy (non-hydrogen) atoms. The summed E-state index contributed by atoms with van der Waals surface area (Å²) in [5.74, 6) is -1.99. The molecule has 1 aliphatic rings. The minimum Gasteiger partial charge on any atom is -0.429 e. The van der Waals surface area contributed by atoms with E-state index in [1.807, 2.05) is 0 Å². The number of allylic oxidation sites excluding steroid dienone is 1. The van der Waals surface area contributed by atoms with Gasteiger partial charge in [-0.2, -0.15) is 17.9 Å². The summed E-state index contributed by atoms with van der Waals surface area (Å²) in [7, 11) is -4.58. The summed E-state index contributed by atoms with van der Waals surface area (Å²) in [5, 5.41) is 0. The van der Waals surface area contributed by atoms with Crippen LogP contribution >= 0.6 is 0 Å². The molecule has 5 nitrogen and oxygen atoms in total. The Morgan fingerprint density at radius 1 is 1.14 bits per heavy atom. The van der Waals surface area contributed by atoms with Gasteiger partial charge in [0.05, 0.1) is 4.90 Å². The Bertz CT molecular complexity index is 740. The molecule has 0 aromatic heterocycles. The molecular formula is C13H12F3NO4S. The quantitative estimate of drug-likeness (QED) is 0.859. The lowest BCUT2D eigenvalue weighted by atomic mass is 9.92. The highest BCUT2D eigenvalue weighted by Gasteiger charge is 2.68. The molecule has 1 aromatic rings. The molecule has 0 radical (unpaired) electrons. The van der Waals surface area contributed by atoms with Crippen LogP contribution in [-0.2, 0) is 19.6 Å². The van der Waals surface area contributed by atoms with Gasteiger partial charge in [0.25, 0.3) is 5.54 Å². The van der Waals surface area contributed by atoms with Gasteiger partial charge in [-0.15, -0.1) is 0 Å². The lowest BCUT2D eigenvalue weighted by molar-refractivity contribution is -0.192. The van der Waals surface area contributed by atoms with Gasteiger partial charge < -0.3 is 4.74 Å². The maximum atomic E-state index is 13.5. The number of hydrogen-bond donors (Lipinski definition) is 1. The minimum absolute atomic E-state index is 0.280. The van der Waals surface area contributed by atoms with Gasteiger partial charge in [-0.3, -0.25) is 0 Å². The summed E-state index contributed by atoms with van der Waals surface area (Å²) in [6, 6.07) is 6.47. The highest BCUT2D eigenvalue weighted by Crippen LogP contribution is 2.43. The third-order valence-electron chi connectivity index (χ3n) is 3.41. The average Bonchev–Trinajstić information content (AvgIpc) is 2.63. The van der Waals surface area contributed by atoms with Gasteiger partial charge in [0.2, 0.25) is 10.0 Å². The fourth-order valence-electron chi connectivity index (χ4n) is 2.07. The Kier molecular flexibility index (Phi) is 3.82. The predicted molar refractivity (Wildman–Crippen MR) is 70.0 cm³/mol. The molecular weight excluding hydrogens is 323 g/mol.